The third-order valence-corrected chi connectivity index (χ3v) is 2.63. The van der Waals surface area contributed by atoms with Crippen LogP contribution in [0, 0.1) is 18.3 Å². The van der Waals surface area contributed by atoms with Gasteiger partial charge in [-0.2, -0.15) is 0 Å². The first kappa shape index (κ1) is 15.3. The third kappa shape index (κ3) is 6.46. The molecule has 0 aliphatic rings. The predicted octanol–water partition coefficient (Wildman–Crippen LogP) is 1.20. The first-order valence-corrected chi connectivity index (χ1v) is 5.75. The quantitative estimate of drug-likeness (QED) is 0.585. The summed E-state index contributed by atoms with van der Waals surface area (Å²) in [6, 6.07) is -1.51. The smallest absolute Gasteiger partial charge is 0.327 e. The minimum Gasteiger partial charge on any atom is -0.480 e. The van der Waals surface area contributed by atoms with Crippen LogP contribution in [0.15, 0.2) is 0 Å². The Bertz CT molecular complexity index is 293. The first-order chi connectivity index (χ1) is 8.04. The molecule has 0 aliphatic heterocycles. The number of hydrogen-bond donors (Lipinski definition) is 3. The topological polar surface area (TPSA) is 78.4 Å². The summed E-state index contributed by atoms with van der Waals surface area (Å²) in [5.74, 6) is 1.51. The van der Waals surface area contributed by atoms with E-state index in [9.17, 15) is 9.59 Å². The molecule has 0 radical (unpaired) electrons. The van der Waals surface area contributed by atoms with Gasteiger partial charge in [0.05, 0.1) is 0 Å². The van der Waals surface area contributed by atoms with Crippen LogP contribution in [0.3, 0.4) is 0 Å². The Morgan fingerprint density at radius 2 is 1.94 bits per heavy atom. The monoisotopic (exact) mass is 240 g/mol. The van der Waals surface area contributed by atoms with Crippen LogP contribution in [0.2, 0.25) is 0 Å². The molecule has 5 nitrogen and oxygen atoms in total. The largest absolute Gasteiger partial charge is 0.480 e. The van der Waals surface area contributed by atoms with Crippen molar-refractivity contribution in [3.05, 3.63) is 0 Å². The van der Waals surface area contributed by atoms with Crippen LogP contribution in [0.4, 0.5) is 4.79 Å². The maximum absolute atomic E-state index is 11.4. The third-order valence-electron chi connectivity index (χ3n) is 2.63. The van der Waals surface area contributed by atoms with E-state index in [1.54, 1.807) is 0 Å². The molecule has 2 amide bonds. The average Bonchev–Trinajstić information content (AvgIpc) is 2.29. The number of hydrogen-bond acceptors (Lipinski definition) is 2. The molecule has 0 saturated heterocycles. The summed E-state index contributed by atoms with van der Waals surface area (Å²) in [5, 5.41) is 13.8. The van der Waals surface area contributed by atoms with Crippen molar-refractivity contribution in [1.29, 1.82) is 0 Å². The summed E-state index contributed by atoms with van der Waals surface area (Å²) >= 11 is 0. The van der Waals surface area contributed by atoms with E-state index < -0.39 is 18.0 Å². The lowest BCUT2D eigenvalue weighted by Gasteiger charge is -2.16. The lowest BCUT2D eigenvalue weighted by atomic mass is 10.0. The molecule has 0 saturated carbocycles. The van der Waals surface area contributed by atoms with Crippen LogP contribution in [0.5, 0.6) is 0 Å². The van der Waals surface area contributed by atoms with E-state index in [0.29, 0.717) is 12.5 Å². The van der Waals surface area contributed by atoms with Gasteiger partial charge in [-0.05, 0) is 5.92 Å². The van der Waals surface area contributed by atoms with E-state index in [1.807, 2.05) is 13.8 Å². The number of carboxylic acids is 1. The molecule has 17 heavy (non-hydrogen) atoms. The highest BCUT2D eigenvalue weighted by Crippen LogP contribution is 2.04. The molecule has 1 unspecified atom stereocenters. The highest BCUT2D eigenvalue weighted by atomic mass is 16.4. The number of carbonyl (C=O) groups excluding carboxylic acids is 1. The second kappa shape index (κ2) is 8.45. The van der Waals surface area contributed by atoms with Gasteiger partial charge in [0, 0.05) is 13.0 Å². The molecular formula is C12H20N2O3. The standard InChI is InChI=1S/C12H20N2O3/c1-4-7-10(11(15)16)14-12(17)13-8-9(5-2)6-3/h1,9-10H,5-8H2,2-3H3,(H,15,16)(H2,13,14,17). The summed E-state index contributed by atoms with van der Waals surface area (Å²) in [4.78, 5) is 22.2. The zero-order valence-corrected chi connectivity index (χ0v) is 10.3. The van der Waals surface area contributed by atoms with Crippen LogP contribution < -0.4 is 10.6 Å². The maximum Gasteiger partial charge on any atom is 0.327 e. The van der Waals surface area contributed by atoms with Crippen LogP contribution >= 0.6 is 0 Å². The fraction of sp³-hybridized carbons (Fsp3) is 0.667. The van der Waals surface area contributed by atoms with Gasteiger partial charge < -0.3 is 15.7 Å². The highest BCUT2D eigenvalue weighted by molar-refractivity contribution is 5.82. The minimum absolute atomic E-state index is 0.0201. The maximum atomic E-state index is 11.4. The van der Waals surface area contributed by atoms with E-state index in [0.717, 1.165) is 12.8 Å². The second-order valence-electron chi connectivity index (χ2n) is 3.84. The van der Waals surface area contributed by atoms with Crippen LogP contribution in [0.25, 0.3) is 0 Å². The first-order valence-electron chi connectivity index (χ1n) is 5.75. The predicted molar refractivity (Wildman–Crippen MR) is 65.5 cm³/mol. The number of nitrogens with one attached hydrogen (secondary N) is 2. The molecule has 3 N–H and O–H groups in total. The van der Waals surface area contributed by atoms with Gasteiger partial charge in [0.25, 0.3) is 0 Å². The number of aliphatic carboxylic acids is 1. The Kier molecular flexibility index (Phi) is 7.61. The van der Waals surface area contributed by atoms with Gasteiger partial charge in [0.15, 0.2) is 0 Å². The van der Waals surface area contributed by atoms with Gasteiger partial charge in [0.2, 0.25) is 0 Å². The van der Waals surface area contributed by atoms with Crippen LogP contribution in [0.1, 0.15) is 33.1 Å². The molecule has 0 aliphatic carbocycles. The van der Waals surface area contributed by atoms with Crippen molar-refractivity contribution in [3.8, 4) is 12.3 Å². The number of rotatable bonds is 7. The Balaban J connectivity index is 4.07. The zero-order valence-electron chi connectivity index (χ0n) is 10.3. The SMILES string of the molecule is C#CCC(NC(=O)NCC(CC)CC)C(=O)O. The van der Waals surface area contributed by atoms with Gasteiger partial charge in [-0.15, -0.1) is 12.3 Å². The van der Waals surface area contributed by atoms with Gasteiger partial charge >= 0.3 is 12.0 Å². The van der Waals surface area contributed by atoms with Crippen LogP contribution in [-0.2, 0) is 4.79 Å². The normalized spacial score (nSPS) is 11.6. The van der Waals surface area contributed by atoms with Gasteiger partial charge in [-0.1, -0.05) is 26.7 Å². The van der Waals surface area contributed by atoms with E-state index >= 15 is 0 Å². The van der Waals surface area contributed by atoms with E-state index in [1.165, 1.54) is 0 Å². The number of terminal acetylenes is 1. The van der Waals surface area contributed by atoms with Crippen molar-refractivity contribution in [2.45, 2.75) is 39.2 Å². The second-order valence-corrected chi connectivity index (χ2v) is 3.84. The van der Waals surface area contributed by atoms with Gasteiger partial charge in [-0.3, -0.25) is 0 Å². The summed E-state index contributed by atoms with van der Waals surface area (Å²) < 4.78 is 0. The molecule has 96 valence electrons. The Hall–Kier alpha value is -1.70. The number of carbonyl (C=O) groups is 2. The molecule has 0 spiro atoms. The molecular weight excluding hydrogens is 220 g/mol. The van der Waals surface area contributed by atoms with Crippen molar-refractivity contribution in [3.63, 3.8) is 0 Å². The molecule has 0 aromatic carbocycles. The van der Waals surface area contributed by atoms with Gasteiger partial charge in [-0.25, -0.2) is 9.59 Å². The van der Waals surface area contributed by atoms with Crippen molar-refractivity contribution < 1.29 is 14.7 Å². The molecule has 0 rings (SSSR count). The summed E-state index contributed by atoms with van der Waals surface area (Å²) in [5.41, 5.74) is 0. The van der Waals surface area contributed by atoms with E-state index in [2.05, 4.69) is 16.6 Å². The highest BCUT2D eigenvalue weighted by Gasteiger charge is 2.18. The van der Waals surface area contributed by atoms with Crippen molar-refractivity contribution in [2.24, 2.45) is 5.92 Å². The number of carboxylic acid groups (broad SMARTS) is 1. The molecule has 0 aromatic heterocycles. The molecule has 5 heteroatoms. The van der Waals surface area contributed by atoms with Crippen molar-refractivity contribution in [1.82, 2.24) is 10.6 Å². The van der Waals surface area contributed by atoms with Crippen molar-refractivity contribution in [2.75, 3.05) is 6.54 Å². The van der Waals surface area contributed by atoms with Crippen LogP contribution in [-0.4, -0.2) is 29.7 Å². The Morgan fingerprint density at radius 3 is 2.35 bits per heavy atom. The number of urea groups is 1. The fourth-order valence-corrected chi connectivity index (χ4v) is 1.34. The minimum atomic E-state index is -1.12. The number of amides is 2. The fourth-order valence-electron chi connectivity index (χ4n) is 1.34. The summed E-state index contributed by atoms with van der Waals surface area (Å²) in [7, 11) is 0. The molecule has 0 bridgehead atoms. The lowest BCUT2D eigenvalue weighted by molar-refractivity contribution is -0.139. The lowest BCUT2D eigenvalue weighted by Crippen LogP contribution is -2.46. The molecule has 1 atom stereocenters. The van der Waals surface area contributed by atoms with E-state index in [4.69, 9.17) is 11.5 Å². The van der Waals surface area contributed by atoms with Crippen molar-refractivity contribution >= 4 is 12.0 Å². The Labute approximate surface area is 102 Å². The summed E-state index contributed by atoms with van der Waals surface area (Å²) in [6.45, 7) is 4.64. The zero-order chi connectivity index (χ0) is 13.3. The molecule has 0 heterocycles. The summed E-state index contributed by atoms with van der Waals surface area (Å²) in [6.07, 6.45) is 6.95. The van der Waals surface area contributed by atoms with E-state index in [-0.39, 0.29) is 6.42 Å². The Morgan fingerprint density at radius 1 is 1.35 bits per heavy atom. The molecule has 0 aromatic rings. The average molecular weight is 240 g/mol. The molecule has 0 fully saturated rings. The van der Waals surface area contributed by atoms with Gasteiger partial charge in [0.1, 0.15) is 6.04 Å².